The molecule has 0 bridgehead atoms. The van der Waals surface area contributed by atoms with Crippen LogP contribution in [0.3, 0.4) is 0 Å². The first kappa shape index (κ1) is 10.4. The fourth-order valence-electron chi connectivity index (χ4n) is 1.59. The zero-order chi connectivity index (χ0) is 8.81. The number of rotatable bonds is 4. The molecular formula is C9H19NOS. The number of likely N-dealkylation sites (tertiary alicyclic amines) is 1. The second-order valence-electron chi connectivity index (χ2n) is 3.27. The Labute approximate surface area is 79.6 Å². The standard InChI is InChI=1S/C9H19NOS/c1-11-9-3-5-10(6-4-9)7-8-12-2/h9H,3-8H2,1-2H3. The van der Waals surface area contributed by atoms with Gasteiger partial charge >= 0.3 is 0 Å². The quantitative estimate of drug-likeness (QED) is 0.664. The normalized spacial score (nSPS) is 21.5. The molecule has 1 saturated heterocycles. The summed E-state index contributed by atoms with van der Waals surface area (Å²) in [6.07, 6.45) is 5.12. The Morgan fingerprint density at radius 1 is 1.42 bits per heavy atom. The first-order valence-corrected chi connectivity index (χ1v) is 6.00. The van der Waals surface area contributed by atoms with Crippen LogP contribution in [0.25, 0.3) is 0 Å². The number of hydrogen-bond acceptors (Lipinski definition) is 3. The molecule has 12 heavy (non-hydrogen) atoms. The zero-order valence-corrected chi connectivity index (χ0v) is 8.90. The third-order valence-corrected chi connectivity index (χ3v) is 3.07. The zero-order valence-electron chi connectivity index (χ0n) is 8.08. The summed E-state index contributed by atoms with van der Waals surface area (Å²) in [5.41, 5.74) is 0. The van der Waals surface area contributed by atoms with Gasteiger partial charge < -0.3 is 9.64 Å². The van der Waals surface area contributed by atoms with Gasteiger partial charge in [-0.25, -0.2) is 0 Å². The lowest BCUT2D eigenvalue weighted by atomic mass is 10.1. The number of thioether (sulfide) groups is 1. The first-order chi connectivity index (χ1) is 5.86. The molecule has 1 aliphatic heterocycles. The highest BCUT2D eigenvalue weighted by atomic mass is 32.2. The van der Waals surface area contributed by atoms with Gasteiger partial charge in [-0.3, -0.25) is 0 Å². The third-order valence-electron chi connectivity index (χ3n) is 2.48. The average Bonchev–Trinajstić information content (AvgIpc) is 2.15. The van der Waals surface area contributed by atoms with E-state index in [0.717, 1.165) is 0 Å². The molecule has 3 heteroatoms. The highest BCUT2D eigenvalue weighted by Gasteiger charge is 2.17. The van der Waals surface area contributed by atoms with Gasteiger partial charge in [0, 0.05) is 32.5 Å². The summed E-state index contributed by atoms with van der Waals surface area (Å²) in [6.45, 7) is 3.69. The molecule has 0 aliphatic carbocycles. The summed E-state index contributed by atoms with van der Waals surface area (Å²) in [7, 11) is 1.82. The predicted molar refractivity (Wildman–Crippen MR) is 54.9 cm³/mol. The van der Waals surface area contributed by atoms with Crippen LogP contribution in [0.4, 0.5) is 0 Å². The maximum atomic E-state index is 5.31. The Balaban J connectivity index is 2.09. The van der Waals surface area contributed by atoms with Crippen molar-refractivity contribution in [1.29, 1.82) is 0 Å². The molecule has 0 spiro atoms. The predicted octanol–water partition coefficient (Wildman–Crippen LogP) is 1.46. The highest BCUT2D eigenvalue weighted by Crippen LogP contribution is 2.12. The second-order valence-corrected chi connectivity index (χ2v) is 4.26. The van der Waals surface area contributed by atoms with Crippen LogP contribution in [0.1, 0.15) is 12.8 Å². The summed E-state index contributed by atoms with van der Waals surface area (Å²) in [5, 5.41) is 0. The molecule has 0 amide bonds. The number of hydrogen-bond donors (Lipinski definition) is 0. The summed E-state index contributed by atoms with van der Waals surface area (Å²) in [6, 6.07) is 0. The Morgan fingerprint density at radius 3 is 2.58 bits per heavy atom. The summed E-state index contributed by atoms with van der Waals surface area (Å²) in [4.78, 5) is 2.53. The van der Waals surface area contributed by atoms with Gasteiger partial charge in [-0.1, -0.05) is 0 Å². The summed E-state index contributed by atoms with van der Waals surface area (Å²) in [5.74, 6) is 1.26. The molecule has 1 aliphatic rings. The van der Waals surface area contributed by atoms with E-state index < -0.39 is 0 Å². The molecule has 0 aromatic heterocycles. The van der Waals surface area contributed by atoms with Crippen molar-refractivity contribution in [2.24, 2.45) is 0 Å². The van der Waals surface area contributed by atoms with E-state index in [0.29, 0.717) is 6.10 Å². The van der Waals surface area contributed by atoms with Crippen molar-refractivity contribution in [3.63, 3.8) is 0 Å². The van der Waals surface area contributed by atoms with Crippen LogP contribution in [0.2, 0.25) is 0 Å². The number of piperidine rings is 1. The molecule has 0 aromatic carbocycles. The van der Waals surface area contributed by atoms with Crippen molar-refractivity contribution in [2.45, 2.75) is 18.9 Å². The van der Waals surface area contributed by atoms with Gasteiger partial charge in [0.2, 0.25) is 0 Å². The van der Waals surface area contributed by atoms with E-state index in [1.807, 2.05) is 18.9 Å². The fourth-order valence-corrected chi connectivity index (χ4v) is 2.03. The molecule has 1 heterocycles. The molecule has 0 aromatic rings. The molecule has 0 atom stereocenters. The molecule has 0 N–H and O–H groups in total. The molecular weight excluding hydrogens is 170 g/mol. The van der Waals surface area contributed by atoms with Gasteiger partial charge in [0.1, 0.15) is 0 Å². The van der Waals surface area contributed by atoms with Gasteiger partial charge in [-0.15, -0.1) is 0 Å². The smallest absolute Gasteiger partial charge is 0.0595 e. The maximum Gasteiger partial charge on any atom is 0.0595 e. The van der Waals surface area contributed by atoms with Gasteiger partial charge in [0.15, 0.2) is 0 Å². The monoisotopic (exact) mass is 189 g/mol. The van der Waals surface area contributed by atoms with Crippen molar-refractivity contribution in [3.8, 4) is 0 Å². The van der Waals surface area contributed by atoms with Crippen LogP contribution < -0.4 is 0 Å². The van der Waals surface area contributed by atoms with Crippen LogP contribution in [0.5, 0.6) is 0 Å². The highest BCUT2D eigenvalue weighted by molar-refractivity contribution is 7.98. The van der Waals surface area contributed by atoms with E-state index in [-0.39, 0.29) is 0 Å². The van der Waals surface area contributed by atoms with Crippen LogP contribution in [0.15, 0.2) is 0 Å². The minimum atomic E-state index is 0.524. The van der Waals surface area contributed by atoms with Gasteiger partial charge in [0.25, 0.3) is 0 Å². The molecule has 1 fully saturated rings. The number of ether oxygens (including phenoxy) is 1. The topological polar surface area (TPSA) is 12.5 Å². The second kappa shape index (κ2) is 5.84. The van der Waals surface area contributed by atoms with Gasteiger partial charge in [-0.05, 0) is 19.1 Å². The first-order valence-electron chi connectivity index (χ1n) is 4.61. The van der Waals surface area contributed by atoms with E-state index in [2.05, 4.69) is 11.2 Å². The number of nitrogens with zero attached hydrogens (tertiary/aromatic N) is 1. The van der Waals surface area contributed by atoms with Crippen molar-refractivity contribution in [1.82, 2.24) is 4.90 Å². The Hall–Kier alpha value is 0.270. The maximum absolute atomic E-state index is 5.31. The Bertz CT molecular complexity index is 113. The van der Waals surface area contributed by atoms with Crippen LogP contribution in [-0.4, -0.2) is 49.8 Å². The molecule has 0 unspecified atom stereocenters. The van der Waals surface area contributed by atoms with Crippen LogP contribution in [0, 0.1) is 0 Å². The van der Waals surface area contributed by atoms with Crippen molar-refractivity contribution < 1.29 is 4.74 Å². The van der Waals surface area contributed by atoms with E-state index in [4.69, 9.17) is 4.74 Å². The minimum absolute atomic E-state index is 0.524. The van der Waals surface area contributed by atoms with E-state index in [1.165, 1.54) is 38.2 Å². The largest absolute Gasteiger partial charge is 0.381 e. The molecule has 2 nitrogen and oxygen atoms in total. The Morgan fingerprint density at radius 2 is 2.08 bits per heavy atom. The molecule has 1 rings (SSSR count). The third kappa shape index (κ3) is 3.33. The SMILES string of the molecule is COC1CCN(CCSC)CC1. The van der Waals surface area contributed by atoms with Crippen LogP contribution >= 0.6 is 11.8 Å². The van der Waals surface area contributed by atoms with Crippen molar-refractivity contribution in [3.05, 3.63) is 0 Å². The van der Waals surface area contributed by atoms with Crippen LogP contribution in [-0.2, 0) is 4.74 Å². The molecule has 0 saturated carbocycles. The van der Waals surface area contributed by atoms with Gasteiger partial charge in [0.05, 0.1) is 6.10 Å². The van der Waals surface area contributed by atoms with Crippen molar-refractivity contribution in [2.75, 3.05) is 38.8 Å². The molecule has 0 radical (unpaired) electrons. The lowest BCUT2D eigenvalue weighted by Crippen LogP contribution is -2.37. The molecule has 72 valence electrons. The van der Waals surface area contributed by atoms with E-state index >= 15 is 0 Å². The van der Waals surface area contributed by atoms with E-state index in [1.54, 1.807) is 0 Å². The fraction of sp³-hybridized carbons (Fsp3) is 1.00. The minimum Gasteiger partial charge on any atom is -0.381 e. The summed E-state index contributed by atoms with van der Waals surface area (Å²) >= 11 is 1.93. The lowest BCUT2D eigenvalue weighted by Gasteiger charge is -2.30. The number of methoxy groups -OCH3 is 1. The average molecular weight is 189 g/mol. The summed E-state index contributed by atoms with van der Waals surface area (Å²) < 4.78 is 5.31. The van der Waals surface area contributed by atoms with Crippen molar-refractivity contribution >= 4 is 11.8 Å². The van der Waals surface area contributed by atoms with Gasteiger partial charge in [-0.2, -0.15) is 11.8 Å². The lowest BCUT2D eigenvalue weighted by molar-refractivity contribution is 0.0430. The van der Waals surface area contributed by atoms with E-state index in [9.17, 15) is 0 Å². The Kier molecular flexibility index (Phi) is 5.04.